The quantitative estimate of drug-likeness (QED) is 0.329. The number of nitrogens with zero attached hydrogens (tertiary/aromatic N) is 2. The summed E-state index contributed by atoms with van der Waals surface area (Å²) in [7, 11) is 0. The molecule has 0 bridgehead atoms. The zero-order valence-electron chi connectivity index (χ0n) is 18.1. The largest absolute Gasteiger partial charge is 0.482 e. The van der Waals surface area contributed by atoms with Crippen molar-refractivity contribution in [1.29, 1.82) is 5.26 Å². The lowest BCUT2D eigenvalue weighted by Gasteiger charge is -2.25. The average molecular weight is 485 g/mol. The van der Waals surface area contributed by atoms with Crippen LogP contribution in [-0.4, -0.2) is 22.7 Å². The first-order valence-corrected chi connectivity index (χ1v) is 12.6. The number of thiazole rings is 1. The minimum absolute atomic E-state index is 0.168. The highest BCUT2D eigenvalue weighted by Crippen LogP contribution is 2.51. The maximum atomic E-state index is 11.1. The van der Waals surface area contributed by atoms with Gasteiger partial charge in [-0.05, 0) is 30.2 Å². The summed E-state index contributed by atoms with van der Waals surface area (Å²) in [6.07, 6.45) is 0.741. The number of benzene rings is 3. The normalized spacial score (nSPS) is 14.0. The number of hydrogen-bond donors (Lipinski definition) is 1. The first kappa shape index (κ1) is 22.2. The number of aliphatic carboxylic acids is 1. The van der Waals surface area contributed by atoms with E-state index >= 15 is 0 Å². The van der Waals surface area contributed by atoms with Crippen molar-refractivity contribution in [2.75, 3.05) is 6.61 Å². The van der Waals surface area contributed by atoms with Gasteiger partial charge in [0.15, 0.2) is 6.61 Å². The van der Waals surface area contributed by atoms with E-state index in [1.807, 2.05) is 72.4 Å². The summed E-state index contributed by atoms with van der Waals surface area (Å²) in [6, 6.07) is 25.8. The van der Waals surface area contributed by atoms with Crippen molar-refractivity contribution in [3.8, 4) is 33.6 Å². The molecule has 1 heterocycles. The third-order valence-electron chi connectivity index (χ3n) is 5.63. The van der Waals surface area contributed by atoms with E-state index in [0.29, 0.717) is 11.3 Å². The molecule has 0 saturated heterocycles. The monoisotopic (exact) mass is 484 g/mol. The summed E-state index contributed by atoms with van der Waals surface area (Å²) < 4.78 is 5.65. The highest BCUT2D eigenvalue weighted by atomic mass is 32.2. The molecule has 7 heteroatoms. The lowest BCUT2D eigenvalue weighted by atomic mass is 9.92. The van der Waals surface area contributed by atoms with Crippen molar-refractivity contribution >= 4 is 29.1 Å². The average Bonchev–Trinajstić information content (AvgIpc) is 3.33. The van der Waals surface area contributed by atoms with Crippen LogP contribution in [0.25, 0.3) is 21.8 Å². The van der Waals surface area contributed by atoms with Crippen LogP contribution in [0.1, 0.15) is 26.8 Å². The fourth-order valence-electron chi connectivity index (χ4n) is 4.01. The molecule has 5 rings (SSSR count). The first-order valence-electron chi connectivity index (χ1n) is 10.8. The van der Waals surface area contributed by atoms with E-state index in [4.69, 9.17) is 20.1 Å². The number of rotatable bonds is 7. The molecule has 0 radical (unpaired) electrons. The first-order chi connectivity index (χ1) is 16.6. The zero-order chi connectivity index (χ0) is 23.5. The second-order valence-electron chi connectivity index (χ2n) is 7.88. The van der Waals surface area contributed by atoms with Crippen molar-refractivity contribution in [1.82, 2.24) is 4.98 Å². The van der Waals surface area contributed by atoms with Crippen LogP contribution in [0.3, 0.4) is 0 Å². The zero-order valence-corrected chi connectivity index (χ0v) is 19.7. The van der Waals surface area contributed by atoms with Crippen LogP contribution in [0.2, 0.25) is 0 Å². The van der Waals surface area contributed by atoms with E-state index in [-0.39, 0.29) is 11.9 Å². The molecule has 1 atom stereocenters. The topological polar surface area (TPSA) is 83.2 Å². The molecule has 168 valence electrons. The highest BCUT2D eigenvalue weighted by Gasteiger charge is 2.31. The van der Waals surface area contributed by atoms with Crippen LogP contribution in [0, 0.1) is 11.3 Å². The van der Waals surface area contributed by atoms with Crippen LogP contribution in [0.4, 0.5) is 0 Å². The number of carboxylic acid groups (broad SMARTS) is 1. The van der Waals surface area contributed by atoms with Gasteiger partial charge in [0.25, 0.3) is 0 Å². The van der Waals surface area contributed by atoms with Gasteiger partial charge in [-0.25, -0.2) is 9.78 Å². The molecule has 1 unspecified atom stereocenters. The lowest BCUT2D eigenvalue weighted by Crippen LogP contribution is -2.13. The Bertz CT molecular complexity index is 1380. The molecule has 0 spiro atoms. The number of carboxylic acids is 1. The van der Waals surface area contributed by atoms with Crippen LogP contribution in [0.15, 0.2) is 72.8 Å². The van der Waals surface area contributed by atoms with Crippen LogP contribution >= 0.6 is 23.1 Å². The molecule has 34 heavy (non-hydrogen) atoms. The molecule has 3 aromatic carbocycles. The molecule has 4 aromatic rings. The van der Waals surface area contributed by atoms with Gasteiger partial charge in [-0.15, -0.1) is 23.1 Å². The molecule has 1 aliphatic rings. The minimum Gasteiger partial charge on any atom is -0.482 e. The number of carbonyl (C=O) groups is 1. The molecule has 0 saturated carbocycles. The third-order valence-corrected chi connectivity index (χ3v) is 8.30. The Hall–Kier alpha value is -3.60. The maximum Gasteiger partial charge on any atom is 0.341 e. The van der Waals surface area contributed by atoms with Gasteiger partial charge in [0, 0.05) is 32.6 Å². The van der Waals surface area contributed by atoms with Gasteiger partial charge in [0.2, 0.25) is 0 Å². The van der Waals surface area contributed by atoms with Gasteiger partial charge >= 0.3 is 5.97 Å². The van der Waals surface area contributed by atoms with E-state index in [2.05, 4.69) is 18.2 Å². The predicted octanol–water partition coefficient (Wildman–Crippen LogP) is 6.34. The minimum atomic E-state index is -0.999. The van der Waals surface area contributed by atoms with E-state index in [1.165, 1.54) is 10.4 Å². The number of fused-ring (bicyclic) bond motifs is 3. The lowest BCUT2D eigenvalue weighted by molar-refractivity contribution is -0.139. The summed E-state index contributed by atoms with van der Waals surface area (Å²) in [5.74, 6) is 0.465. The molecule has 0 amide bonds. The van der Waals surface area contributed by atoms with Crippen molar-refractivity contribution in [2.24, 2.45) is 0 Å². The molecule has 1 aromatic heterocycles. The Morgan fingerprint density at radius 1 is 1.12 bits per heavy atom. The SMILES string of the molecule is N#Cc1ccc(-c2nc3c(s2)C(SCc2ccccc2)Cc2c(OCC(=O)O)cccc2-3)cc1. The number of aromatic nitrogens is 1. The smallest absolute Gasteiger partial charge is 0.341 e. The highest BCUT2D eigenvalue weighted by molar-refractivity contribution is 7.98. The summed E-state index contributed by atoms with van der Waals surface area (Å²) in [5, 5.41) is 19.3. The molecule has 5 nitrogen and oxygen atoms in total. The number of thioether (sulfide) groups is 1. The molecule has 1 N–H and O–H groups in total. The number of ether oxygens (including phenoxy) is 1. The molecule has 0 aliphatic heterocycles. The van der Waals surface area contributed by atoms with Gasteiger partial charge in [-0.3, -0.25) is 0 Å². The summed E-state index contributed by atoms with van der Waals surface area (Å²) in [4.78, 5) is 17.3. The molecule has 0 fully saturated rings. The predicted molar refractivity (Wildman–Crippen MR) is 135 cm³/mol. The van der Waals surface area contributed by atoms with Gasteiger partial charge in [-0.1, -0.05) is 54.6 Å². The van der Waals surface area contributed by atoms with Gasteiger partial charge in [-0.2, -0.15) is 5.26 Å². The van der Waals surface area contributed by atoms with Gasteiger partial charge in [0.1, 0.15) is 10.8 Å². The summed E-state index contributed by atoms with van der Waals surface area (Å²) in [6.45, 7) is -0.376. The Balaban J connectivity index is 1.54. The number of hydrogen-bond acceptors (Lipinski definition) is 6. The molecular formula is C27H20N2O3S2. The van der Waals surface area contributed by atoms with Crippen molar-refractivity contribution in [3.63, 3.8) is 0 Å². The summed E-state index contributed by atoms with van der Waals surface area (Å²) >= 11 is 3.54. The van der Waals surface area contributed by atoms with Gasteiger partial charge in [0.05, 0.1) is 17.3 Å². The second-order valence-corrected chi connectivity index (χ2v) is 10.1. The van der Waals surface area contributed by atoms with E-state index < -0.39 is 5.97 Å². The van der Waals surface area contributed by atoms with Crippen LogP contribution in [0.5, 0.6) is 5.75 Å². The molecular weight excluding hydrogens is 464 g/mol. The van der Waals surface area contributed by atoms with E-state index in [0.717, 1.165) is 39.6 Å². The van der Waals surface area contributed by atoms with Crippen LogP contribution < -0.4 is 4.74 Å². The second kappa shape index (κ2) is 9.72. The Morgan fingerprint density at radius 3 is 2.65 bits per heavy atom. The number of nitriles is 1. The van der Waals surface area contributed by atoms with Crippen molar-refractivity contribution in [2.45, 2.75) is 17.4 Å². The van der Waals surface area contributed by atoms with Gasteiger partial charge < -0.3 is 9.84 Å². The Labute approximate surface area is 205 Å². The van der Waals surface area contributed by atoms with E-state index in [9.17, 15) is 4.79 Å². The third kappa shape index (κ3) is 4.56. The van der Waals surface area contributed by atoms with Crippen molar-refractivity contribution < 1.29 is 14.6 Å². The standard InChI is InChI=1S/C27H20N2O3S2/c28-14-17-9-11-19(12-10-17)27-29-25-20-7-4-8-22(32-15-24(30)31)21(20)13-23(26(25)34-27)33-16-18-5-2-1-3-6-18/h1-12,23H,13,15-16H2,(H,30,31). The van der Waals surface area contributed by atoms with Crippen molar-refractivity contribution in [3.05, 3.63) is 94.4 Å². The fraction of sp³-hybridized carbons (Fsp3) is 0.148. The Morgan fingerprint density at radius 2 is 1.91 bits per heavy atom. The maximum absolute atomic E-state index is 11.1. The Kier molecular flexibility index (Phi) is 6.35. The summed E-state index contributed by atoms with van der Waals surface area (Å²) in [5.41, 5.74) is 5.77. The van der Waals surface area contributed by atoms with E-state index in [1.54, 1.807) is 11.3 Å². The fourth-order valence-corrected chi connectivity index (χ4v) is 6.56. The molecule has 1 aliphatic carbocycles. The van der Waals surface area contributed by atoms with Crippen LogP contribution in [-0.2, 0) is 17.0 Å².